The molecule has 0 spiro atoms. The molecule has 1 aliphatic heterocycles. The summed E-state index contributed by atoms with van der Waals surface area (Å²) >= 11 is 3.47. The fourth-order valence-corrected chi connectivity index (χ4v) is 3.45. The molecule has 1 fully saturated rings. The maximum absolute atomic E-state index is 12.5. The smallest absolute Gasteiger partial charge is 0.246 e. The fraction of sp³-hybridized carbons (Fsp3) is 0.238. The van der Waals surface area contributed by atoms with Gasteiger partial charge in [-0.3, -0.25) is 9.59 Å². The third-order valence-corrected chi connectivity index (χ3v) is 5.18. The van der Waals surface area contributed by atoms with Crippen LogP contribution >= 0.6 is 15.9 Å². The van der Waals surface area contributed by atoms with Gasteiger partial charge >= 0.3 is 0 Å². The van der Waals surface area contributed by atoms with Crippen LogP contribution < -0.4 is 5.32 Å². The number of nitrogens with one attached hydrogen (secondary N) is 1. The number of rotatable bonds is 4. The maximum Gasteiger partial charge on any atom is 0.246 e. The van der Waals surface area contributed by atoms with Gasteiger partial charge in [0.2, 0.25) is 11.8 Å². The van der Waals surface area contributed by atoms with Crippen LogP contribution in [0.25, 0.3) is 6.08 Å². The van der Waals surface area contributed by atoms with E-state index in [0.29, 0.717) is 13.1 Å². The van der Waals surface area contributed by atoms with Crippen molar-refractivity contribution in [1.82, 2.24) is 4.90 Å². The van der Waals surface area contributed by atoms with Gasteiger partial charge in [-0.05, 0) is 42.7 Å². The first-order valence-corrected chi connectivity index (χ1v) is 9.50. The molecule has 0 radical (unpaired) electrons. The molecule has 4 nitrogen and oxygen atoms in total. The predicted octanol–water partition coefficient (Wildman–Crippen LogP) is 4.34. The number of nitrogens with zero attached hydrogens (tertiary/aromatic N) is 1. The van der Waals surface area contributed by atoms with E-state index in [0.717, 1.165) is 28.6 Å². The van der Waals surface area contributed by atoms with Crippen LogP contribution in [-0.2, 0) is 9.59 Å². The van der Waals surface area contributed by atoms with Gasteiger partial charge in [0.25, 0.3) is 0 Å². The van der Waals surface area contributed by atoms with Crippen LogP contribution in [0, 0.1) is 5.92 Å². The van der Waals surface area contributed by atoms with Crippen LogP contribution in [0.1, 0.15) is 18.4 Å². The molecular formula is C21H21BrN2O2. The van der Waals surface area contributed by atoms with Crippen molar-refractivity contribution in [3.8, 4) is 0 Å². The molecule has 1 N–H and O–H groups in total. The summed E-state index contributed by atoms with van der Waals surface area (Å²) in [5.41, 5.74) is 1.74. The average Bonchev–Trinajstić information content (AvgIpc) is 2.68. The lowest BCUT2D eigenvalue weighted by Crippen LogP contribution is -2.43. The Morgan fingerprint density at radius 2 is 1.81 bits per heavy atom. The number of anilines is 1. The number of halogens is 1. The first kappa shape index (κ1) is 18.4. The zero-order valence-corrected chi connectivity index (χ0v) is 16.0. The molecule has 5 heteroatoms. The monoisotopic (exact) mass is 412 g/mol. The third kappa shape index (κ3) is 4.82. The van der Waals surface area contributed by atoms with Gasteiger partial charge in [0.1, 0.15) is 0 Å². The van der Waals surface area contributed by atoms with Crippen LogP contribution in [-0.4, -0.2) is 29.8 Å². The van der Waals surface area contributed by atoms with Gasteiger partial charge in [-0.2, -0.15) is 0 Å². The summed E-state index contributed by atoms with van der Waals surface area (Å²) < 4.78 is 0.947. The molecule has 2 aromatic rings. The van der Waals surface area contributed by atoms with Gasteiger partial charge in [-0.1, -0.05) is 52.3 Å². The van der Waals surface area contributed by atoms with E-state index in [9.17, 15) is 9.59 Å². The molecule has 1 aliphatic rings. The number of piperidine rings is 1. The average molecular weight is 413 g/mol. The molecule has 0 aliphatic carbocycles. The molecule has 1 unspecified atom stereocenters. The van der Waals surface area contributed by atoms with E-state index >= 15 is 0 Å². The van der Waals surface area contributed by atoms with Crippen LogP contribution in [0.3, 0.4) is 0 Å². The Morgan fingerprint density at radius 3 is 2.58 bits per heavy atom. The number of benzene rings is 2. The number of likely N-dealkylation sites (tertiary alicyclic amines) is 1. The van der Waals surface area contributed by atoms with Crippen molar-refractivity contribution in [2.24, 2.45) is 5.92 Å². The molecule has 2 aromatic carbocycles. The molecule has 134 valence electrons. The molecular weight excluding hydrogens is 392 g/mol. The highest BCUT2D eigenvalue weighted by Crippen LogP contribution is 2.20. The van der Waals surface area contributed by atoms with Crippen molar-refractivity contribution in [3.05, 3.63) is 70.7 Å². The largest absolute Gasteiger partial charge is 0.338 e. The number of hydrogen-bond acceptors (Lipinski definition) is 2. The third-order valence-electron chi connectivity index (χ3n) is 4.46. The van der Waals surface area contributed by atoms with Gasteiger partial charge in [-0.15, -0.1) is 0 Å². The predicted molar refractivity (Wildman–Crippen MR) is 108 cm³/mol. The van der Waals surface area contributed by atoms with E-state index in [2.05, 4.69) is 21.2 Å². The Labute approximate surface area is 162 Å². The van der Waals surface area contributed by atoms with Gasteiger partial charge < -0.3 is 10.2 Å². The molecule has 1 atom stereocenters. The molecule has 0 bridgehead atoms. The topological polar surface area (TPSA) is 49.4 Å². The minimum absolute atomic E-state index is 0.0246. The fourth-order valence-electron chi connectivity index (χ4n) is 3.03. The van der Waals surface area contributed by atoms with Crippen LogP contribution in [0.15, 0.2) is 65.1 Å². The van der Waals surface area contributed by atoms with E-state index in [1.54, 1.807) is 17.1 Å². The normalized spacial score (nSPS) is 17.3. The molecule has 1 saturated heterocycles. The van der Waals surface area contributed by atoms with Crippen molar-refractivity contribution in [3.63, 3.8) is 0 Å². The van der Waals surface area contributed by atoms with E-state index in [-0.39, 0.29) is 17.7 Å². The first-order chi connectivity index (χ1) is 12.6. The Hall–Kier alpha value is -2.40. The van der Waals surface area contributed by atoms with Gasteiger partial charge in [0.05, 0.1) is 5.92 Å². The number of para-hydroxylation sites is 1. The highest BCUT2D eigenvalue weighted by molar-refractivity contribution is 9.10. The Morgan fingerprint density at radius 1 is 1.08 bits per heavy atom. The van der Waals surface area contributed by atoms with Crippen LogP contribution in [0.2, 0.25) is 0 Å². The molecule has 0 saturated carbocycles. The second-order valence-corrected chi connectivity index (χ2v) is 7.19. The standard InChI is InChI=1S/C21H21BrN2O2/c22-19-11-5-4-7-16(19)12-13-20(25)24-14-6-8-17(15-24)21(26)23-18-9-2-1-3-10-18/h1-5,7,9-13,17H,6,8,14-15H2,(H,23,26)/b13-12+. The number of amides is 2. The summed E-state index contributed by atoms with van der Waals surface area (Å²) in [5.74, 6) is -0.258. The summed E-state index contributed by atoms with van der Waals surface area (Å²) in [6, 6.07) is 17.2. The summed E-state index contributed by atoms with van der Waals surface area (Å²) in [6.45, 7) is 1.14. The Balaban J connectivity index is 1.60. The Bertz CT molecular complexity index is 805. The summed E-state index contributed by atoms with van der Waals surface area (Å²) in [4.78, 5) is 26.7. The quantitative estimate of drug-likeness (QED) is 0.759. The Kier molecular flexibility index (Phi) is 6.23. The maximum atomic E-state index is 12.5. The van der Waals surface area contributed by atoms with Crippen molar-refractivity contribution in [1.29, 1.82) is 0 Å². The lowest BCUT2D eigenvalue weighted by atomic mass is 9.97. The van der Waals surface area contributed by atoms with Crippen molar-refractivity contribution in [2.45, 2.75) is 12.8 Å². The summed E-state index contributed by atoms with van der Waals surface area (Å²) in [7, 11) is 0. The highest BCUT2D eigenvalue weighted by atomic mass is 79.9. The van der Waals surface area contributed by atoms with Crippen molar-refractivity contribution >= 4 is 39.5 Å². The van der Waals surface area contributed by atoms with E-state index in [1.807, 2.05) is 54.6 Å². The minimum Gasteiger partial charge on any atom is -0.338 e. The van der Waals surface area contributed by atoms with E-state index in [4.69, 9.17) is 0 Å². The molecule has 26 heavy (non-hydrogen) atoms. The number of hydrogen-bond donors (Lipinski definition) is 1. The molecule has 0 aromatic heterocycles. The van der Waals surface area contributed by atoms with E-state index in [1.165, 1.54) is 0 Å². The first-order valence-electron chi connectivity index (χ1n) is 8.71. The number of carbonyl (C=O) groups excluding carboxylic acids is 2. The summed E-state index contributed by atoms with van der Waals surface area (Å²) in [5, 5.41) is 2.94. The minimum atomic E-state index is -0.176. The lowest BCUT2D eigenvalue weighted by molar-refractivity contribution is -0.130. The number of carbonyl (C=O) groups is 2. The zero-order chi connectivity index (χ0) is 18.4. The van der Waals surface area contributed by atoms with Gasteiger partial charge in [0.15, 0.2) is 0 Å². The van der Waals surface area contributed by atoms with E-state index < -0.39 is 0 Å². The van der Waals surface area contributed by atoms with Crippen molar-refractivity contribution < 1.29 is 9.59 Å². The van der Waals surface area contributed by atoms with Crippen molar-refractivity contribution in [2.75, 3.05) is 18.4 Å². The lowest BCUT2D eigenvalue weighted by Gasteiger charge is -2.31. The highest BCUT2D eigenvalue weighted by Gasteiger charge is 2.27. The van der Waals surface area contributed by atoms with Crippen LogP contribution in [0.5, 0.6) is 0 Å². The second kappa shape index (κ2) is 8.81. The summed E-state index contributed by atoms with van der Waals surface area (Å²) in [6.07, 6.45) is 5.02. The van der Waals surface area contributed by atoms with Gasteiger partial charge in [-0.25, -0.2) is 0 Å². The molecule has 1 heterocycles. The van der Waals surface area contributed by atoms with Crippen LogP contribution in [0.4, 0.5) is 5.69 Å². The van der Waals surface area contributed by atoms with Gasteiger partial charge in [0, 0.05) is 29.3 Å². The molecule has 3 rings (SSSR count). The zero-order valence-electron chi connectivity index (χ0n) is 14.4. The second-order valence-electron chi connectivity index (χ2n) is 6.33. The molecule has 2 amide bonds. The SMILES string of the molecule is O=C(Nc1ccccc1)C1CCCN(C(=O)/C=C/c2ccccc2Br)C1.